The molecule has 0 bridgehead atoms. The summed E-state index contributed by atoms with van der Waals surface area (Å²) in [6, 6.07) is 6.40. The van der Waals surface area contributed by atoms with E-state index in [0.29, 0.717) is 12.1 Å². The summed E-state index contributed by atoms with van der Waals surface area (Å²) in [5, 5.41) is 9.00. The minimum absolute atomic E-state index is 0.0871. The molecule has 4 heteroatoms. The standard InChI is InChI=1S/C16H23NO3/c1-4-6-10-17(12(3)5-2)15(18)13-8-7-9-14(11-13)16(19)20/h7-9,11-12H,4-6,10H2,1-3H3,(H,19,20). The number of carbonyl (C=O) groups is 2. The first-order valence-electron chi connectivity index (χ1n) is 7.15. The van der Waals surface area contributed by atoms with Gasteiger partial charge in [0.2, 0.25) is 0 Å². The van der Waals surface area contributed by atoms with E-state index in [0.717, 1.165) is 19.3 Å². The summed E-state index contributed by atoms with van der Waals surface area (Å²) in [6.07, 6.45) is 2.86. The second-order valence-corrected chi connectivity index (χ2v) is 5.00. The number of amides is 1. The Bertz CT molecular complexity index is 471. The van der Waals surface area contributed by atoms with Gasteiger partial charge in [-0.05, 0) is 38.0 Å². The van der Waals surface area contributed by atoms with Crippen molar-refractivity contribution in [3.63, 3.8) is 0 Å². The van der Waals surface area contributed by atoms with Gasteiger partial charge in [0.05, 0.1) is 5.56 Å². The van der Waals surface area contributed by atoms with Gasteiger partial charge < -0.3 is 10.0 Å². The van der Waals surface area contributed by atoms with Crippen LogP contribution in [0.15, 0.2) is 24.3 Å². The lowest BCUT2D eigenvalue weighted by Gasteiger charge is -2.28. The minimum Gasteiger partial charge on any atom is -0.478 e. The normalized spacial score (nSPS) is 11.9. The summed E-state index contributed by atoms with van der Waals surface area (Å²) in [6.45, 7) is 6.87. The molecule has 0 aromatic heterocycles. The lowest BCUT2D eigenvalue weighted by Crippen LogP contribution is -2.39. The van der Waals surface area contributed by atoms with Crippen molar-refractivity contribution in [3.8, 4) is 0 Å². The summed E-state index contributed by atoms with van der Waals surface area (Å²) in [5.41, 5.74) is 0.594. The first-order valence-corrected chi connectivity index (χ1v) is 7.15. The fourth-order valence-electron chi connectivity index (χ4n) is 2.02. The maximum absolute atomic E-state index is 12.6. The van der Waals surface area contributed by atoms with Crippen molar-refractivity contribution < 1.29 is 14.7 Å². The van der Waals surface area contributed by atoms with Gasteiger partial charge in [-0.2, -0.15) is 0 Å². The number of nitrogens with zero attached hydrogens (tertiary/aromatic N) is 1. The zero-order valence-electron chi connectivity index (χ0n) is 12.4. The number of unbranched alkanes of at least 4 members (excludes halogenated alkanes) is 1. The lowest BCUT2D eigenvalue weighted by molar-refractivity contribution is 0.0685. The minimum atomic E-state index is -1.01. The van der Waals surface area contributed by atoms with Crippen LogP contribution >= 0.6 is 0 Å². The van der Waals surface area contributed by atoms with Gasteiger partial charge in [0.1, 0.15) is 0 Å². The van der Waals surface area contributed by atoms with Gasteiger partial charge in [0, 0.05) is 18.2 Å². The van der Waals surface area contributed by atoms with Gasteiger partial charge in [-0.25, -0.2) is 4.79 Å². The van der Waals surface area contributed by atoms with E-state index in [1.54, 1.807) is 12.1 Å². The van der Waals surface area contributed by atoms with Crippen LogP contribution in [0.25, 0.3) is 0 Å². The van der Waals surface area contributed by atoms with Crippen LogP contribution in [0.1, 0.15) is 60.7 Å². The Labute approximate surface area is 120 Å². The molecule has 1 amide bonds. The molecule has 0 spiro atoms. The molecule has 0 saturated carbocycles. The van der Waals surface area contributed by atoms with E-state index in [2.05, 4.69) is 6.92 Å². The van der Waals surface area contributed by atoms with E-state index < -0.39 is 5.97 Å². The topological polar surface area (TPSA) is 57.6 Å². The largest absolute Gasteiger partial charge is 0.478 e. The van der Waals surface area contributed by atoms with Crippen molar-refractivity contribution in [2.24, 2.45) is 0 Å². The lowest BCUT2D eigenvalue weighted by atomic mass is 10.1. The maximum atomic E-state index is 12.6. The van der Waals surface area contributed by atoms with Crippen LogP contribution in [-0.2, 0) is 0 Å². The predicted molar refractivity (Wildman–Crippen MR) is 79.1 cm³/mol. The molecular formula is C16H23NO3. The summed E-state index contributed by atoms with van der Waals surface area (Å²) in [5.74, 6) is -1.10. The van der Waals surface area contributed by atoms with E-state index >= 15 is 0 Å². The van der Waals surface area contributed by atoms with E-state index in [1.807, 2.05) is 18.7 Å². The average molecular weight is 277 g/mol. The molecule has 1 aromatic carbocycles. The van der Waals surface area contributed by atoms with E-state index in [4.69, 9.17) is 5.11 Å². The fourth-order valence-corrected chi connectivity index (χ4v) is 2.02. The molecule has 0 heterocycles. The van der Waals surface area contributed by atoms with Crippen molar-refractivity contribution in [1.29, 1.82) is 0 Å². The monoisotopic (exact) mass is 277 g/mol. The molecule has 1 N–H and O–H groups in total. The fraction of sp³-hybridized carbons (Fsp3) is 0.500. The molecule has 1 atom stereocenters. The second kappa shape index (κ2) is 7.68. The van der Waals surface area contributed by atoms with Gasteiger partial charge >= 0.3 is 5.97 Å². The van der Waals surface area contributed by atoms with Crippen molar-refractivity contribution >= 4 is 11.9 Å². The number of benzene rings is 1. The van der Waals surface area contributed by atoms with Crippen LogP contribution < -0.4 is 0 Å². The Hall–Kier alpha value is -1.84. The van der Waals surface area contributed by atoms with Crippen molar-refractivity contribution in [2.75, 3.05) is 6.54 Å². The Morgan fingerprint density at radius 3 is 2.45 bits per heavy atom. The Morgan fingerprint density at radius 2 is 1.90 bits per heavy atom. The third kappa shape index (κ3) is 4.08. The SMILES string of the molecule is CCCCN(C(=O)c1cccc(C(=O)O)c1)C(C)CC. The van der Waals surface area contributed by atoms with Crippen molar-refractivity contribution in [3.05, 3.63) is 35.4 Å². The molecule has 1 rings (SSSR count). The molecule has 4 nitrogen and oxygen atoms in total. The summed E-state index contributed by atoms with van der Waals surface area (Å²) >= 11 is 0. The second-order valence-electron chi connectivity index (χ2n) is 5.00. The molecule has 0 aliphatic heterocycles. The predicted octanol–water partition coefficient (Wildman–Crippen LogP) is 3.43. The first kappa shape index (κ1) is 16.2. The quantitative estimate of drug-likeness (QED) is 0.830. The third-order valence-corrected chi connectivity index (χ3v) is 3.49. The van der Waals surface area contributed by atoms with Crippen LogP contribution in [0.2, 0.25) is 0 Å². The molecule has 0 aliphatic rings. The smallest absolute Gasteiger partial charge is 0.335 e. The summed E-state index contributed by atoms with van der Waals surface area (Å²) < 4.78 is 0. The Morgan fingerprint density at radius 1 is 1.25 bits per heavy atom. The van der Waals surface area contributed by atoms with E-state index in [9.17, 15) is 9.59 Å². The Balaban J connectivity index is 2.98. The van der Waals surface area contributed by atoms with Gasteiger partial charge in [-0.1, -0.05) is 26.3 Å². The maximum Gasteiger partial charge on any atom is 0.335 e. The van der Waals surface area contributed by atoms with Crippen molar-refractivity contribution in [2.45, 2.75) is 46.1 Å². The van der Waals surface area contributed by atoms with Gasteiger partial charge in [-0.15, -0.1) is 0 Å². The summed E-state index contributed by atoms with van der Waals surface area (Å²) in [4.78, 5) is 25.4. The number of aromatic carboxylic acids is 1. The van der Waals surface area contributed by atoms with Crippen LogP contribution in [0.5, 0.6) is 0 Å². The molecular weight excluding hydrogens is 254 g/mol. The molecule has 0 saturated heterocycles. The van der Waals surface area contributed by atoms with Crippen LogP contribution in [0.3, 0.4) is 0 Å². The van der Waals surface area contributed by atoms with E-state index in [1.165, 1.54) is 12.1 Å². The third-order valence-electron chi connectivity index (χ3n) is 3.49. The first-order chi connectivity index (χ1) is 9.51. The molecule has 20 heavy (non-hydrogen) atoms. The van der Waals surface area contributed by atoms with Crippen molar-refractivity contribution in [1.82, 2.24) is 4.90 Å². The highest BCUT2D eigenvalue weighted by Crippen LogP contribution is 2.14. The average Bonchev–Trinajstić information content (AvgIpc) is 2.47. The number of hydrogen-bond acceptors (Lipinski definition) is 2. The highest BCUT2D eigenvalue weighted by Gasteiger charge is 2.20. The number of carboxylic acids is 1. The van der Waals surface area contributed by atoms with Gasteiger partial charge in [0.15, 0.2) is 0 Å². The number of rotatable bonds is 7. The van der Waals surface area contributed by atoms with Crippen LogP contribution in [0.4, 0.5) is 0 Å². The van der Waals surface area contributed by atoms with Gasteiger partial charge in [-0.3, -0.25) is 4.79 Å². The zero-order chi connectivity index (χ0) is 15.1. The Kier molecular flexibility index (Phi) is 6.22. The van der Waals surface area contributed by atoms with Crippen LogP contribution in [-0.4, -0.2) is 34.5 Å². The number of carbonyl (C=O) groups excluding carboxylic acids is 1. The van der Waals surface area contributed by atoms with E-state index in [-0.39, 0.29) is 17.5 Å². The molecule has 0 aliphatic carbocycles. The highest BCUT2D eigenvalue weighted by molar-refractivity contribution is 5.97. The molecule has 0 fully saturated rings. The molecule has 1 unspecified atom stereocenters. The molecule has 0 radical (unpaired) electrons. The van der Waals surface area contributed by atoms with Crippen LogP contribution in [0, 0.1) is 0 Å². The van der Waals surface area contributed by atoms with Gasteiger partial charge in [0.25, 0.3) is 5.91 Å². The highest BCUT2D eigenvalue weighted by atomic mass is 16.4. The zero-order valence-corrected chi connectivity index (χ0v) is 12.4. The molecule has 1 aromatic rings. The number of carboxylic acid groups (broad SMARTS) is 1. The number of hydrogen-bond donors (Lipinski definition) is 1. The summed E-state index contributed by atoms with van der Waals surface area (Å²) in [7, 11) is 0. The molecule has 110 valence electrons.